The van der Waals surface area contributed by atoms with Gasteiger partial charge >= 0.3 is 0 Å². The van der Waals surface area contributed by atoms with E-state index in [9.17, 15) is 0 Å². The first kappa shape index (κ1) is 11.0. The highest BCUT2D eigenvalue weighted by Gasteiger charge is 2.22. The van der Waals surface area contributed by atoms with Gasteiger partial charge in [0.25, 0.3) is 0 Å². The Hall–Kier alpha value is 0. The van der Waals surface area contributed by atoms with E-state index in [0.717, 1.165) is 6.42 Å². The Bertz CT molecular complexity index is 71.8. The van der Waals surface area contributed by atoms with Crippen LogP contribution in [0.1, 0.15) is 59.3 Å². The highest BCUT2D eigenvalue weighted by Crippen LogP contribution is 2.35. The van der Waals surface area contributed by atoms with Crippen molar-refractivity contribution < 1.29 is 0 Å². The molecule has 0 N–H and O–H groups in total. The van der Waals surface area contributed by atoms with Crippen LogP contribution in [-0.2, 0) is 0 Å². The highest BCUT2D eigenvalue weighted by molar-refractivity contribution is 4.77. The van der Waals surface area contributed by atoms with E-state index in [-0.39, 0.29) is 0 Å². The van der Waals surface area contributed by atoms with Gasteiger partial charge in [-0.25, -0.2) is 0 Å². The van der Waals surface area contributed by atoms with Crippen LogP contribution in [0, 0.1) is 12.3 Å². The molecular weight excluding hydrogens is 132 g/mol. The van der Waals surface area contributed by atoms with E-state index in [1.165, 1.54) is 32.1 Å². The maximum Gasteiger partial charge on any atom is -0.0303 e. The van der Waals surface area contributed by atoms with Crippen molar-refractivity contribution in [2.24, 2.45) is 5.41 Å². The first-order chi connectivity index (χ1) is 5.24. The second kappa shape index (κ2) is 5.62. The van der Waals surface area contributed by atoms with Crippen molar-refractivity contribution in [1.29, 1.82) is 0 Å². The first-order valence-electron chi connectivity index (χ1n) is 5.04. The van der Waals surface area contributed by atoms with Crippen LogP contribution in [0.5, 0.6) is 0 Å². The summed E-state index contributed by atoms with van der Waals surface area (Å²) >= 11 is 0. The summed E-state index contributed by atoms with van der Waals surface area (Å²) in [5, 5.41) is 0. The van der Waals surface area contributed by atoms with Crippen molar-refractivity contribution in [2.45, 2.75) is 59.3 Å². The zero-order valence-corrected chi connectivity index (χ0v) is 8.45. The number of hydrogen-bond donors (Lipinski definition) is 0. The fourth-order valence-electron chi connectivity index (χ4n) is 1.63. The Labute approximate surface area is 72.4 Å². The summed E-state index contributed by atoms with van der Waals surface area (Å²) in [7, 11) is 0. The molecule has 0 aliphatic heterocycles. The van der Waals surface area contributed by atoms with Crippen molar-refractivity contribution in [3.05, 3.63) is 6.92 Å². The lowest BCUT2D eigenvalue weighted by atomic mass is 9.76. The summed E-state index contributed by atoms with van der Waals surface area (Å²) in [6.07, 6.45) is 7.78. The smallest absolute Gasteiger partial charge is 0.0303 e. The largest absolute Gasteiger partial charge is 0.0654 e. The number of unbranched alkanes of at least 4 members (excludes halogenated alkanes) is 1. The van der Waals surface area contributed by atoms with Gasteiger partial charge in [0, 0.05) is 0 Å². The Balaban J connectivity index is 3.84. The van der Waals surface area contributed by atoms with Gasteiger partial charge in [0.05, 0.1) is 0 Å². The Morgan fingerprint density at radius 3 is 1.91 bits per heavy atom. The van der Waals surface area contributed by atoms with Crippen LogP contribution in [0.15, 0.2) is 0 Å². The third-order valence-electron chi connectivity index (χ3n) is 3.09. The predicted octanol–water partition coefficient (Wildman–Crippen LogP) is 4.21. The van der Waals surface area contributed by atoms with E-state index < -0.39 is 0 Å². The van der Waals surface area contributed by atoms with Crippen LogP contribution in [0.25, 0.3) is 0 Å². The van der Waals surface area contributed by atoms with Gasteiger partial charge in [-0.3, -0.25) is 0 Å². The lowest BCUT2D eigenvalue weighted by Crippen LogP contribution is -2.17. The molecule has 0 heterocycles. The topological polar surface area (TPSA) is 0 Å². The number of hydrogen-bond acceptors (Lipinski definition) is 0. The molecule has 0 heteroatoms. The van der Waals surface area contributed by atoms with Crippen LogP contribution in [0.2, 0.25) is 0 Å². The average Bonchev–Trinajstić information content (AvgIpc) is 2.08. The number of rotatable bonds is 6. The monoisotopic (exact) mass is 155 g/mol. The van der Waals surface area contributed by atoms with E-state index in [4.69, 9.17) is 0 Å². The molecule has 0 aromatic heterocycles. The van der Waals surface area contributed by atoms with Crippen molar-refractivity contribution in [1.82, 2.24) is 0 Å². The zero-order chi connectivity index (χ0) is 8.74. The van der Waals surface area contributed by atoms with Gasteiger partial charge in [0.15, 0.2) is 0 Å². The third-order valence-corrected chi connectivity index (χ3v) is 3.09. The van der Waals surface area contributed by atoms with Crippen molar-refractivity contribution >= 4 is 0 Å². The van der Waals surface area contributed by atoms with Gasteiger partial charge in [-0.15, -0.1) is 0 Å². The quantitative estimate of drug-likeness (QED) is 0.539. The molecule has 0 saturated heterocycles. The molecule has 0 fully saturated rings. The molecule has 0 nitrogen and oxygen atoms in total. The maximum atomic E-state index is 4.05. The summed E-state index contributed by atoms with van der Waals surface area (Å²) in [6, 6.07) is 0. The minimum atomic E-state index is 0.565. The Morgan fingerprint density at radius 1 is 1.09 bits per heavy atom. The van der Waals surface area contributed by atoms with E-state index in [1.54, 1.807) is 0 Å². The molecule has 0 atom stereocenters. The van der Waals surface area contributed by atoms with Gasteiger partial charge in [-0.05, 0) is 18.3 Å². The van der Waals surface area contributed by atoms with E-state index in [1.807, 2.05) is 0 Å². The molecule has 0 bridgehead atoms. The van der Waals surface area contributed by atoms with Crippen LogP contribution < -0.4 is 0 Å². The van der Waals surface area contributed by atoms with Gasteiger partial charge in [0.1, 0.15) is 0 Å². The summed E-state index contributed by atoms with van der Waals surface area (Å²) < 4.78 is 0. The highest BCUT2D eigenvalue weighted by atomic mass is 14.3. The molecule has 67 valence electrons. The molecule has 11 heavy (non-hydrogen) atoms. The first-order valence-corrected chi connectivity index (χ1v) is 5.04. The minimum absolute atomic E-state index is 0.565. The standard InChI is InChI=1S/C11H23/c1-5-9-10-11(6-2,7-3)8-4/h2,5-10H2,1,3-4H3. The molecule has 0 unspecified atom stereocenters. The van der Waals surface area contributed by atoms with Crippen LogP contribution in [0.3, 0.4) is 0 Å². The normalized spacial score (nSPS) is 12.0. The van der Waals surface area contributed by atoms with Gasteiger partial charge < -0.3 is 0 Å². The van der Waals surface area contributed by atoms with E-state index in [0.29, 0.717) is 5.41 Å². The fourth-order valence-corrected chi connectivity index (χ4v) is 1.63. The molecule has 1 radical (unpaired) electrons. The van der Waals surface area contributed by atoms with Crippen LogP contribution in [0.4, 0.5) is 0 Å². The SMILES string of the molecule is [CH2]CC(CC)(CC)CCCC. The lowest BCUT2D eigenvalue weighted by molar-refractivity contribution is 0.234. The molecule has 0 aliphatic carbocycles. The summed E-state index contributed by atoms with van der Waals surface area (Å²) in [6.45, 7) is 10.9. The molecule has 0 aromatic rings. The van der Waals surface area contributed by atoms with Crippen molar-refractivity contribution in [3.8, 4) is 0 Å². The zero-order valence-electron chi connectivity index (χ0n) is 8.45. The van der Waals surface area contributed by atoms with Crippen molar-refractivity contribution in [3.63, 3.8) is 0 Å². The molecular formula is C11H23. The van der Waals surface area contributed by atoms with Crippen LogP contribution in [-0.4, -0.2) is 0 Å². The predicted molar refractivity (Wildman–Crippen MR) is 52.5 cm³/mol. The molecule has 0 amide bonds. The summed E-state index contributed by atoms with van der Waals surface area (Å²) in [5.41, 5.74) is 0.565. The van der Waals surface area contributed by atoms with Gasteiger partial charge in [-0.2, -0.15) is 0 Å². The molecule has 0 saturated carbocycles. The van der Waals surface area contributed by atoms with E-state index >= 15 is 0 Å². The molecule has 0 aliphatic rings. The molecule has 0 spiro atoms. The molecule has 0 aromatic carbocycles. The van der Waals surface area contributed by atoms with Crippen molar-refractivity contribution in [2.75, 3.05) is 0 Å². The summed E-state index contributed by atoms with van der Waals surface area (Å²) in [5.74, 6) is 0. The Morgan fingerprint density at radius 2 is 1.64 bits per heavy atom. The molecule has 0 rings (SSSR count). The average molecular weight is 155 g/mol. The third kappa shape index (κ3) is 3.27. The summed E-state index contributed by atoms with van der Waals surface area (Å²) in [4.78, 5) is 0. The van der Waals surface area contributed by atoms with Gasteiger partial charge in [-0.1, -0.05) is 53.4 Å². The second-order valence-electron chi connectivity index (χ2n) is 3.56. The van der Waals surface area contributed by atoms with E-state index in [2.05, 4.69) is 27.7 Å². The Kier molecular flexibility index (Phi) is 5.62. The second-order valence-corrected chi connectivity index (χ2v) is 3.56. The van der Waals surface area contributed by atoms with Crippen LogP contribution >= 0.6 is 0 Å². The minimum Gasteiger partial charge on any atom is -0.0654 e. The lowest BCUT2D eigenvalue weighted by Gasteiger charge is -2.30. The maximum absolute atomic E-state index is 4.05. The van der Waals surface area contributed by atoms with Gasteiger partial charge in [0.2, 0.25) is 0 Å². The fraction of sp³-hybridized carbons (Fsp3) is 0.909.